The molecule has 9 heteroatoms. The van der Waals surface area contributed by atoms with E-state index in [4.69, 9.17) is 16.3 Å². The van der Waals surface area contributed by atoms with Crippen molar-refractivity contribution in [1.82, 2.24) is 19.4 Å². The lowest BCUT2D eigenvalue weighted by molar-refractivity contribution is -0.132. The van der Waals surface area contributed by atoms with E-state index in [0.717, 1.165) is 66.5 Å². The first-order valence-electron chi connectivity index (χ1n) is 13.8. The van der Waals surface area contributed by atoms with Crippen molar-refractivity contribution < 1.29 is 13.9 Å². The summed E-state index contributed by atoms with van der Waals surface area (Å²) in [5, 5.41) is 1.07. The van der Waals surface area contributed by atoms with Crippen LogP contribution in [0.3, 0.4) is 0 Å². The zero-order valence-electron chi connectivity index (χ0n) is 22.7. The number of nitrogens with one attached hydrogen (secondary N) is 1. The number of nitrogens with zero attached hydrogens (tertiary/aromatic N) is 3. The molecule has 1 unspecified atom stereocenters. The number of ether oxygens (including phenoxy) is 1. The summed E-state index contributed by atoms with van der Waals surface area (Å²) in [5.41, 5.74) is 4.37. The maximum absolute atomic E-state index is 14.7. The van der Waals surface area contributed by atoms with Crippen LogP contribution < -0.4 is 5.69 Å². The third-order valence-electron chi connectivity index (χ3n) is 7.73. The van der Waals surface area contributed by atoms with Gasteiger partial charge in [-0.05, 0) is 61.4 Å². The average molecular weight is 565 g/mol. The first-order valence-corrected chi connectivity index (χ1v) is 14.2. The minimum absolute atomic E-state index is 0.123. The Morgan fingerprint density at radius 2 is 2.00 bits per heavy atom. The van der Waals surface area contributed by atoms with E-state index in [2.05, 4.69) is 26.7 Å². The molecule has 0 bridgehead atoms. The Hall–Kier alpha value is -3.49. The van der Waals surface area contributed by atoms with Gasteiger partial charge in [-0.3, -0.25) is 4.79 Å². The van der Waals surface area contributed by atoms with Crippen LogP contribution in [0.4, 0.5) is 4.39 Å². The summed E-state index contributed by atoms with van der Waals surface area (Å²) in [7, 11) is 1.67. The first kappa shape index (κ1) is 28.1. The summed E-state index contributed by atoms with van der Waals surface area (Å²) < 4.78 is 22.1. The summed E-state index contributed by atoms with van der Waals surface area (Å²) in [6.07, 6.45) is 7.90. The number of likely N-dealkylation sites (tertiary alicyclic amines) is 1. The lowest BCUT2D eigenvalue weighted by Crippen LogP contribution is -2.39. The number of carbonyl (C=O) groups is 1. The van der Waals surface area contributed by atoms with Gasteiger partial charge in [-0.15, -0.1) is 0 Å². The van der Waals surface area contributed by atoms with Gasteiger partial charge < -0.3 is 19.2 Å². The molecule has 2 aromatic carbocycles. The lowest BCUT2D eigenvalue weighted by Gasteiger charge is -2.33. The molecular formula is C31H34ClFN4O3. The number of carbonyl (C=O) groups excluding carboxylic acids is 1. The summed E-state index contributed by atoms with van der Waals surface area (Å²) in [6.45, 7) is 2.66. The van der Waals surface area contributed by atoms with Gasteiger partial charge in [0.1, 0.15) is 5.82 Å². The Labute approximate surface area is 237 Å². The van der Waals surface area contributed by atoms with Gasteiger partial charge in [0.15, 0.2) is 0 Å². The van der Waals surface area contributed by atoms with Gasteiger partial charge in [0.2, 0.25) is 5.91 Å². The van der Waals surface area contributed by atoms with Gasteiger partial charge in [-0.2, -0.15) is 0 Å². The standard InChI is InChI=1S/C31H34ClFN4O3/c1-40-16-4-15-37-28(17-25-27(33)13-12-26(32)30(25)37)23-6-3-14-36(20-23)29(38)7-2-5-21-8-10-22(11-9-21)24-18-34-31(39)35-19-24/h8-13,17-19,23H,2-7,14-16,20H2,1H3,(H,34,35,39). The quantitative estimate of drug-likeness (QED) is 0.241. The first-order chi connectivity index (χ1) is 19.4. The van der Waals surface area contributed by atoms with Crippen molar-refractivity contribution in [3.8, 4) is 11.1 Å². The Kier molecular flexibility index (Phi) is 8.97. The van der Waals surface area contributed by atoms with Gasteiger partial charge in [-0.1, -0.05) is 35.9 Å². The fraction of sp³-hybridized carbons (Fsp3) is 0.387. The number of amides is 1. The molecule has 1 atom stereocenters. The maximum atomic E-state index is 14.7. The Bertz CT molecular complexity index is 1510. The zero-order chi connectivity index (χ0) is 28.1. The lowest BCUT2D eigenvalue weighted by atomic mass is 9.94. The Balaban J connectivity index is 1.22. The third-order valence-corrected chi connectivity index (χ3v) is 8.03. The molecule has 1 saturated heterocycles. The van der Waals surface area contributed by atoms with Crippen molar-refractivity contribution in [3.63, 3.8) is 0 Å². The highest BCUT2D eigenvalue weighted by Gasteiger charge is 2.28. The summed E-state index contributed by atoms with van der Waals surface area (Å²) in [5.74, 6) is 0.00300. The number of rotatable bonds is 10. The van der Waals surface area contributed by atoms with E-state index >= 15 is 0 Å². The number of hydrogen-bond acceptors (Lipinski definition) is 4. The van der Waals surface area contributed by atoms with Crippen molar-refractivity contribution >= 4 is 28.4 Å². The monoisotopic (exact) mass is 564 g/mol. The van der Waals surface area contributed by atoms with Crippen molar-refractivity contribution in [1.29, 1.82) is 0 Å². The largest absolute Gasteiger partial charge is 0.385 e. The van der Waals surface area contributed by atoms with Crippen LogP contribution in [0.1, 0.15) is 49.3 Å². The fourth-order valence-corrected chi connectivity index (χ4v) is 5.95. The van der Waals surface area contributed by atoms with Crippen LogP contribution >= 0.6 is 11.6 Å². The number of aromatic amines is 1. The van der Waals surface area contributed by atoms with E-state index in [9.17, 15) is 14.0 Å². The van der Waals surface area contributed by atoms with Crippen LogP contribution in [0.25, 0.3) is 22.0 Å². The second-order valence-corrected chi connectivity index (χ2v) is 10.8. The van der Waals surface area contributed by atoms with Crippen molar-refractivity contribution in [3.05, 3.63) is 87.4 Å². The van der Waals surface area contributed by atoms with Crippen LogP contribution in [-0.2, 0) is 22.5 Å². The number of aromatic nitrogens is 3. The SMILES string of the molecule is COCCCn1c(C2CCCN(C(=O)CCCc3ccc(-c4cnc(=O)[nH]c4)cc3)C2)cc2c(F)ccc(Cl)c21. The number of halogens is 2. The highest BCUT2D eigenvalue weighted by Crippen LogP contribution is 2.36. The van der Waals surface area contributed by atoms with Crippen molar-refractivity contribution in [2.45, 2.75) is 51.0 Å². The van der Waals surface area contributed by atoms with E-state index in [0.29, 0.717) is 36.5 Å². The van der Waals surface area contributed by atoms with Gasteiger partial charge in [-0.25, -0.2) is 14.2 Å². The summed E-state index contributed by atoms with van der Waals surface area (Å²) in [4.78, 5) is 32.7. The van der Waals surface area contributed by atoms with Gasteiger partial charge in [0.25, 0.3) is 0 Å². The Morgan fingerprint density at radius 3 is 2.75 bits per heavy atom. The molecular weight excluding hydrogens is 531 g/mol. The topological polar surface area (TPSA) is 80.2 Å². The summed E-state index contributed by atoms with van der Waals surface area (Å²) in [6, 6.07) is 13.1. The van der Waals surface area contributed by atoms with E-state index in [1.54, 1.807) is 25.6 Å². The number of piperidine rings is 1. The predicted molar refractivity (Wildman–Crippen MR) is 155 cm³/mol. The molecule has 7 nitrogen and oxygen atoms in total. The minimum atomic E-state index is -0.368. The summed E-state index contributed by atoms with van der Waals surface area (Å²) >= 11 is 6.53. The molecule has 2 aromatic heterocycles. The van der Waals surface area contributed by atoms with Crippen LogP contribution in [0.5, 0.6) is 0 Å². The molecule has 0 aliphatic carbocycles. The normalized spacial score (nSPS) is 15.6. The molecule has 0 radical (unpaired) electrons. The molecule has 1 aliphatic heterocycles. The zero-order valence-corrected chi connectivity index (χ0v) is 23.4. The highest BCUT2D eigenvalue weighted by atomic mass is 35.5. The molecule has 0 saturated carbocycles. The molecule has 0 spiro atoms. The number of aryl methyl sites for hydroxylation is 2. The fourth-order valence-electron chi connectivity index (χ4n) is 5.68. The van der Waals surface area contributed by atoms with Crippen LogP contribution in [0.15, 0.2) is 59.7 Å². The smallest absolute Gasteiger partial charge is 0.344 e. The highest BCUT2D eigenvalue weighted by molar-refractivity contribution is 6.35. The van der Waals surface area contributed by atoms with Crippen molar-refractivity contribution in [2.24, 2.45) is 0 Å². The second-order valence-electron chi connectivity index (χ2n) is 10.4. The molecule has 5 rings (SSSR count). The van der Waals surface area contributed by atoms with Crippen LogP contribution in [0.2, 0.25) is 5.02 Å². The number of H-pyrrole nitrogens is 1. The number of fused-ring (bicyclic) bond motifs is 1. The molecule has 3 heterocycles. The van der Waals surface area contributed by atoms with Crippen LogP contribution in [-0.4, -0.2) is 52.1 Å². The van der Waals surface area contributed by atoms with Crippen molar-refractivity contribution in [2.75, 3.05) is 26.8 Å². The number of methoxy groups -OCH3 is 1. The van der Waals surface area contributed by atoms with Gasteiger partial charge in [0.05, 0.1) is 10.5 Å². The predicted octanol–water partition coefficient (Wildman–Crippen LogP) is 5.95. The van der Waals surface area contributed by atoms with E-state index in [-0.39, 0.29) is 23.3 Å². The second kappa shape index (κ2) is 12.8. The number of hydrogen-bond donors (Lipinski definition) is 1. The van der Waals surface area contributed by atoms with Gasteiger partial charge in [0, 0.05) is 74.7 Å². The van der Waals surface area contributed by atoms with Crippen LogP contribution in [0, 0.1) is 5.82 Å². The third kappa shape index (κ3) is 6.29. The molecule has 1 amide bonds. The van der Waals surface area contributed by atoms with Gasteiger partial charge >= 0.3 is 5.69 Å². The average Bonchev–Trinajstić information content (AvgIpc) is 3.37. The minimum Gasteiger partial charge on any atom is -0.385 e. The Morgan fingerprint density at radius 1 is 1.18 bits per heavy atom. The number of benzene rings is 2. The molecule has 40 heavy (non-hydrogen) atoms. The molecule has 210 valence electrons. The maximum Gasteiger partial charge on any atom is 0.344 e. The van der Waals surface area contributed by atoms with E-state index in [1.165, 1.54) is 6.07 Å². The molecule has 1 fully saturated rings. The van der Waals surface area contributed by atoms with E-state index < -0.39 is 0 Å². The molecule has 4 aromatic rings. The molecule has 1 aliphatic rings. The van der Waals surface area contributed by atoms with E-state index in [1.807, 2.05) is 23.1 Å². The molecule has 1 N–H and O–H groups in total.